The number of carbonyl (C=O) groups excluding carboxylic acids is 1. The fourth-order valence-electron chi connectivity index (χ4n) is 2.96. The highest BCUT2D eigenvalue weighted by molar-refractivity contribution is 5.74. The van der Waals surface area contributed by atoms with Gasteiger partial charge in [0.1, 0.15) is 13.2 Å². The zero-order chi connectivity index (χ0) is 16.2. The van der Waals surface area contributed by atoms with Gasteiger partial charge < -0.3 is 24.6 Å². The molecule has 1 aromatic carbocycles. The van der Waals surface area contributed by atoms with Gasteiger partial charge in [0.25, 0.3) is 0 Å². The van der Waals surface area contributed by atoms with Gasteiger partial charge in [0.05, 0.1) is 6.04 Å². The van der Waals surface area contributed by atoms with Crippen molar-refractivity contribution < 1.29 is 14.3 Å². The Morgan fingerprint density at radius 2 is 1.87 bits per heavy atom. The van der Waals surface area contributed by atoms with Crippen molar-refractivity contribution in [1.82, 2.24) is 15.1 Å². The topological polar surface area (TPSA) is 54.0 Å². The second-order valence-electron chi connectivity index (χ2n) is 6.00. The van der Waals surface area contributed by atoms with Crippen LogP contribution in [-0.2, 0) is 0 Å². The number of nitrogens with zero attached hydrogens (tertiary/aromatic N) is 2. The van der Waals surface area contributed by atoms with Gasteiger partial charge in [-0.15, -0.1) is 0 Å². The first-order chi connectivity index (χ1) is 11.2. The van der Waals surface area contributed by atoms with E-state index in [1.807, 2.05) is 30.0 Å². The van der Waals surface area contributed by atoms with Crippen molar-refractivity contribution in [2.24, 2.45) is 0 Å². The molecule has 1 atom stereocenters. The first-order valence-corrected chi connectivity index (χ1v) is 8.34. The van der Waals surface area contributed by atoms with Crippen LogP contribution in [0, 0.1) is 0 Å². The molecule has 1 unspecified atom stereocenters. The summed E-state index contributed by atoms with van der Waals surface area (Å²) in [4.78, 5) is 16.7. The summed E-state index contributed by atoms with van der Waals surface area (Å²) in [5, 5.41) is 3.08. The molecule has 0 radical (unpaired) electrons. The lowest BCUT2D eigenvalue weighted by atomic mass is 10.1. The van der Waals surface area contributed by atoms with Gasteiger partial charge >= 0.3 is 6.03 Å². The summed E-state index contributed by atoms with van der Waals surface area (Å²) in [5.41, 5.74) is 1.02. The quantitative estimate of drug-likeness (QED) is 0.924. The van der Waals surface area contributed by atoms with E-state index in [0.29, 0.717) is 13.2 Å². The molecule has 2 aliphatic rings. The molecule has 2 aliphatic heterocycles. The van der Waals surface area contributed by atoms with E-state index in [-0.39, 0.29) is 12.1 Å². The van der Waals surface area contributed by atoms with Crippen LogP contribution in [0.2, 0.25) is 0 Å². The summed E-state index contributed by atoms with van der Waals surface area (Å²) in [6.07, 6.45) is 0. The summed E-state index contributed by atoms with van der Waals surface area (Å²) in [6, 6.07) is 5.78. The molecule has 6 nitrogen and oxygen atoms in total. The highest BCUT2D eigenvalue weighted by Gasteiger charge is 2.22. The third kappa shape index (κ3) is 3.69. The predicted molar refractivity (Wildman–Crippen MR) is 88.1 cm³/mol. The Morgan fingerprint density at radius 3 is 2.57 bits per heavy atom. The van der Waals surface area contributed by atoms with Crippen LogP contribution in [0.15, 0.2) is 18.2 Å². The summed E-state index contributed by atoms with van der Waals surface area (Å²) < 4.78 is 11.1. The molecular weight excluding hydrogens is 294 g/mol. The molecule has 0 bridgehead atoms. The van der Waals surface area contributed by atoms with Crippen molar-refractivity contribution in [3.8, 4) is 11.5 Å². The summed E-state index contributed by atoms with van der Waals surface area (Å²) in [6.45, 7) is 9.81. The fraction of sp³-hybridized carbons (Fsp3) is 0.588. The van der Waals surface area contributed by atoms with E-state index in [1.54, 1.807) is 0 Å². The average molecular weight is 319 g/mol. The number of piperazine rings is 1. The van der Waals surface area contributed by atoms with Gasteiger partial charge in [0, 0.05) is 26.2 Å². The van der Waals surface area contributed by atoms with Crippen LogP contribution in [-0.4, -0.2) is 61.8 Å². The molecule has 0 aromatic heterocycles. The Hall–Kier alpha value is -1.95. The first kappa shape index (κ1) is 15.9. The largest absolute Gasteiger partial charge is 0.486 e. The molecule has 126 valence electrons. The van der Waals surface area contributed by atoms with E-state index >= 15 is 0 Å². The molecule has 1 saturated heterocycles. The van der Waals surface area contributed by atoms with Crippen LogP contribution in [0.1, 0.15) is 25.5 Å². The zero-order valence-electron chi connectivity index (χ0n) is 13.9. The maximum absolute atomic E-state index is 12.4. The normalized spacial score (nSPS) is 19.3. The predicted octanol–water partition coefficient (Wildman–Crippen LogP) is 1.87. The van der Waals surface area contributed by atoms with Gasteiger partial charge in [-0.1, -0.05) is 13.0 Å². The Balaban J connectivity index is 1.58. The average Bonchev–Trinajstić information content (AvgIpc) is 2.61. The SMILES string of the molecule is CCN1CCN(C(=O)NC(C)c2ccc3c(c2)OCCO3)CC1. The van der Waals surface area contributed by atoms with Gasteiger partial charge in [0.2, 0.25) is 0 Å². The standard InChI is InChI=1S/C17H25N3O3/c1-3-19-6-8-20(9-7-19)17(21)18-13(2)14-4-5-15-16(12-14)23-11-10-22-15/h4-5,12-13H,3,6-11H2,1-2H3,(H,18,21). The van der Waals surface area contributed by atoms with Crippen LogP contribution in [0.3, 0.4) is 0 Å². The second-order valence-corrected chi connectivity index (χ2v) is 6.00. The monoisotopic (exact) mass is 319 g/mol. The Labute approximate surface area is 137 Å². The fourth-order valence-corrected chi connectivity index (χ4v) is 2.96. The molecule has 2 amide bonds. The van der Waals surface area contributed by atoms with Gasteiger partial charge in [-0.2, -0.15) is 0 Å². The van der Waals surface area contributed by atoms with Crippen LogP contribution >= 0.6 is 0 Å². The lowest BCUT2D eigenvalue weighted by Crippen LogP contribution is -2.51. The molecule has 6 heteroatoms. The molecule has 1 aromatic rings. The van der Waals surface area contributed by atoms with E-state index in [1.165, 1.54) is 0 Å². The molecule has 3 rings (SSSR count). The number of nitrogens with one attached hydrogen (secondary N) is 1. The van der Waals surface area contributed by atoms with Crippen molar-refractivity contribution in [3.63, 3.8) is 0 Å². The Bertz CT molecular complexity index is 556. The van der Waals surface area contributed by atoms with Gasteiger partial charge in [-0.3, -0.25) is 0 Å². The lowest BCUT2D eigenvalue weighted by molar-refractivity contribution is 0.141. The van der Waals surface area contributed by atoms with Gasteiger partial charge in [-0.05, 0) is 31.2 Å². The third-order valence-electron chi connectivity index (χ3n) is 4.51. The van der Waals surface area contributed by atoms with Crippen molar-refractivity contribution >= 4 is 6.03 Å². The number of benzene rings is 1. The maximum Gasteiger partial charge on any atom is 0.317 e. The minimum absolute atomic E-state index is 0.00291. The number of amides is 2. The summed E-state index contributed by atoms with van der Waals surface area (Å²) >= 11 is 0. The number of ether oxygens (including phenoxy) is 2. The number of rotatable bonds is 3. The number of carbonyl (C=O) groups is 1. The molecule has 1 N–H and O–H groups in total. The van der Waals surface area contributed by atoms with Crippen molar-refractivity contribution in [2.75, 3.05) is 45.9 Å². The Kier molecular flexibility index (Phi) is 4.91. The van der Waals surface area contributed by atoms with Crippen LogP contribution in [0.25, 0.3) is 0 Å². The van der Waals surface area contributed by atoms with E-state index in [0.717, 1.165) is 49.8 Å². The molecule has 2 heterocycles. The van der Waals surface area contributed by atoms with E-state index in [4.69, 9.17) is 9.47 Å². The zero-order valence-corrected chi connectivity index (χ0v) is 13.9. The minimum Gasteiger partial charge on any atom is -0.486 e. The molecule has 23 heavy (non-hydrogen) atoms. The van der Waals surface area contributed by atoms with E-state index in [2.05, 4.69) is 17.1 Å². The molecule has 0 aliphatic carbocycles. The van der Waals surface area contributed by atoms with Gasteiger partial charge in [0.15, 0.2) is 11.5 Å². The highest BCUT2D eigenvalue weighted by Crippen LogP contribution is 2.32. The van der Waals surface area contributed by atoms with E-state index in [9.17, 15) is 4.79 Å². The number of hydrogen-bond acceptors (Lipinski definition) is 4. The lowest BCUT2D eigenvalue weighted by Gasteiger charge is -2.34. The number of hydrogen-bond donors (Lipinski definition) is 1. The molecule has 1 fully saturated rings. The molecule has 0 saturated carbocycles. The minimum atomic E-state index is -0.0671. The van der Waals surface area contributed by atoms with Crippen LogP contribution in [0.5, 0.6) is 11.5 Å². The van der Waals surface area contributed by atoms with E-state index < -0.39 is 0 Å². The highest BCUT2D eigenvalue weighted by atomic mass is 16.6. The number of likely N-dealkylation sites (N-methyl/N-ethyl adjacent to an activating group) is 1. The van der Waals surface area contributed by atoms with Crippen LogP contribution in [0.4, 0.5) is 4.79 Å². The van der Waals surface area contributed by atoms with Crippen molar-refractivity contribution in [3.05, 3.63) is 23.8 Å². The smallest absolute Gasteiger partial charge is 0.317 e. The summed E-state index contributed by atoms with van der Waals surface area (Å²) in [5.74, 6) is 1.53. The first-order valence-electron chi connectivity index (χ1n) is 8.34. The van der Waals surface area contributed by atoms with Gasteiger partial charge in [-0.25, -0.2) is 4.79 Å². The Morgan fingerprint density at radius 1 is 1.17 bits per heavy atom. The summed E-state index contributed by atoms with van der Waals surface area (Å²) in [7, 11) is 0. The number of fused-ring (bicyclic) bond motifs is 1. The number of urea groups is 1. The van der Waals surface area contributed by atoms with Crippen molar-refractivity contribution in [2.45, 2.75) is 19.9 Å². The molecular formula is C17H25N3O3. The molecule has 0 spiro atoms. The van der Waals surface area contributed by atoms with Crippen molar-refractivity contribution in [1.29, 1.82) is 0 Å². The van der Waals surface area contributed by atoms with Crippen LogP contribution < -0.4 is 14.8 Å². The second kappa shape index (κ2) is 7.08. The third-order valence-corrected chi connectivity index (χ3v) is 4.51. The maximum atomic E-state index is 12.4.